The van der Waals surface area contributed by atoms with Crippen LogP contribution in [-0.4, -0.2) is 44.9 Å². The zero-order valence-corrected chi connectivity index (χ0v) is 15.7. The van der Waals surface area contributed by atoms with Gasteiger partial charge in [-0.05, 0) is 24.0 Å². The monoisotopic (exact) mass is 375 g/mol. The molecule has 136 valence electrons. The molecule has 8 heteroatoms. The highest BCUT2D eigenvalue weighted by atomic mass is 35.5. The highest BCUT2D eigenvalue weighted by Gasteiger charge is 2.35. The van der Waals surface area contributed by atoms with E-state index in [2.05, 4.69) is 18.6 Å². The summed E-state index contributed by atoms with van der Waals surface area (Å²) in [6, 6.07) is 8.23. The Hall–Kier alpha value is -1.15. The molecule has 24 heavy (non-hydrogen) atoms. The molecule has 0 spiro atoms. The molecule has 3 N–H and O–H groups in total. The quantitative estimate of drug-likeness (QED) is 0.812. The predicted octanol–water partition coefficient (Wildman–Crippen LogP) is 1.36. The number of nitrogens with two attached hydrogens (primary N) is 1. The number of carbonyl (C=O) groups excluding carboxylic acids is 1. The lowest BCUT2D eigenvalue weighted by molar-refractivity contribution is -0.134. The summed E-state index contributed by atoms with van der Waals surface area (Å²) in [5.74, 6) is -0.0410. The van der Waals surface area contributed by atoms with Crippen LogP contribution in [0.15, 0.2) is 35.2 Å². The molecule has 0 radical (unpaired) electrons. The van der Waals surface area contributed by atoms with Crippen molar-refractivity contribution < 1.29 is 13.2 Å². The second-order valence-electron chi connectivity index (χ2n) is 6.66. The Balaban J connectivity index is 0.00000288. The molecule has 6 nitrogen and oxygen atoms in total. The van der Waals surface area contributed by atoms with Crippen LogP contribution in [0.4, 0.5) is 0 Å². The van der Waals surface area contributed by atoms with E-state index in [1.807, 2.05) is 0 Å². The van der Waals surface area contributed by atoms with Crippen molar-refractivity contribution in [2.24, 2.45) is 11.1 Å². The standard InChI is InChI=1S/C16H25N3O3S.ClH/c1-16(2)12-19(11-9-14(16)17)15(20)8-10-18-23(21,22)13-6-4-3-5-7-13;/h3-7,14,18H,8-12,17H2,1-2H3;1H. The highest BCUT2D eigenvalue weighted by molar-refractivity contribution is 7.89. The summed E-state index contributed by atoms with van der Waals surface area (Å²) in [4.78, 5) is 14.2. The summed E-state index contributed by atoms with van der Waals surface area (Å²) in [6.45, 7) is 5.44. The topological polar surface area (TPSA) is 92.5 Å². The van der Waals surface area contributed by atoms with Crippen LogP contribution in [0.25, 0.3) is 0 Å². The number of benzene rings is 1. The van der Waals surface area contributed by atoms with Crippen LogP contribution in [0.2, 0.25) is 0 Å². The van der Waals surface area contributed by atoms with Crippen molar-refractivity contribution in [3.63, 3.8) is 0 Å². The number of carbonyl (C=O) groups is 1. The zero-order chi connectivity index (χ0) is 17.1. The molecule has 1 saturated heterocycles. The van der Waals surface area contributed by atoms with Crippen molar-refractivity contribution in [2.45, 2.75) is 37.6 Å². The number of likely N-dealkylation sites (tertiary alicyclic amines) is 1. The molecule has 0 saturated carbocycles. The van der Waals surface area contributed by atoms with Crippen LogP contribution in [0.1, 0.15) is 26.7 Å². The number of halogens is 1. The van der Waals surface area contributed by atoms with E-state index < -0.39 is 10.0 Å². The van der Waals surface area contributed by atoms with Gasteiger partial charge in [0.25, 0.3) is 0 Å². The minimum Gasteiger partial charge on any atom is -0.342 e. The third-order valence-corrected chi connectivity index (χ3v) is 5.83. The first kappa shape index (κ1) is 20.9. The largest absolute Gasteiger partial charge is 0.342 e. The van der Waals surface area contributed by atoms with Crippen molar-refractivity contribution in [1.82, 2.24) is 9.62 Å². The van der Waals surface area contributed by atoms with Gasteiger partial charge in [-0.25, -0.2) is 13.1 Å². The summed E-state index contributed by atoms with van der Waals surface area (Å²) < 4.78 is 26.6. The van der Waals surface area contributed by atoms with Gasteiger partial charge in [0.05, 0.1) is 4.90 Å². The molecule has 1 heterocycles. The van der Waals surface area contributed by atoms with Gasteiger partial charge in [-0.3, -0.25) is 4.79 Å². The van der Waals surface area contributed by atoms with Crippen molar-refractivity contribution >= 4 is 28.3 Å². The maximum absolute atomic E-state index is 12.3. The number of nitrogens with zero attached hydrogens (tertiary/aromatic N) is 1. The van der Waals surface area contributed by atoms with Gasteiger partial charge in [0.15, 0.2) is 0 Å². The van der Waals surface area contributed by atoms with E-state index in [9.17, 15) is 13.2 Å². The molecule has 1 aliphatic heterocycles. The van der Waals surface area contributed by atoms with Crippen molar-refractivity contribution in [2.75, 3.05) is 19.6 Å². The van der Waals surface area contributed by atoms with E-state index in [1.54, 1.807) is 23.1 Å². The van der Waals surface area contributed by atoms with Gasteiger partial charge in [-0.2, -0.15) is 0 Å². The molecule has 1 atom stereocenters. The Morgan fingerprint density at radius 3 is 2.54 bits per heavy atom. The molecule has 1 aliphatic rings. The SMILES string of the molecule is CC1(C)CN(C(=O)CCNS(=O)(=O)c2ccccc2)CCC1N.Cl. The normalized spacial score (nSPS) is 20.3. The van der Waals surface area contributed by atoms with Crippen LogP contribution in [0.5, 0.6) is 0 Å². The average Bonchev–Trinajstić information content (AvgIpc) is 2.50. The van der Waals surface area contributed by atoms with Crippen molar-refractivity contribution in [3.05, 3.63) is 30.3 Å². The molecule has 0 aliphatic carbocycles. The first-order valence-corrected chi connectivity index (χ1v) is 9.29. The highest BCUT2D eigenvalue weighted by Crippen LogP contribution is 2.27. The molecule has 1 unspecified atom stereocenters. The molecular weight excluding hydrogens is 350 g/mol. The summed E-state index contributed by atoms with van der Waals surface area (Å²) in [6.07, 6.45) is 0.922. The molecule has 1 fully saturated rings. The molecule has 0 aromatic heterocycles. The Labute approximate surface area is 150 Å². The summed E-state index contributed by atoms with van der Waals surface area (Å²) in [5, 5.41) is 0. The lowest BCUT2D eigenvalue weighted by Gasteiger charge is -2.42. The van der Waals surface area contributed by atoms with Crippen LogP contribution >= 0.6 is 12.4 Å². The fourth-order valence-electron chi connectivity index (χ4n) is 2.72. The minimum absolute atomic E-state index is 0. The molecule has 1 aromatic carbocycles. The Bertz CT molecular complexity index is 650. The first-order chi connectivity index (χ1) is 10.7. The first-order valence-electron chi connectivity index (χ1n) is 7.80. The minimum atomic E-state index is -3.56. The van der Waals surface area contributed by atoms with E-state index in [0.29, 0.717) is 13.1 Å². The fraction of sp³-hybridized carbons (Fsp3) is 0.562. The van der Waals surface area contributed by atoms with E-state index >= 15 is 0 Å². The van der Waals surface area contributed by atoms with E-state index in [-0.39, 0.29) is 47.6 Å². The summed E-state index contributed by atoms with van der Waals surface area (Å²) >= 11 is 0. The average molecular weight is 376 g/mol. The van der Waals surface area contributed by atoms with Crippen LogP contribution in [0.3, 0.4) is 0 Å². The fourth-order valence-corrected chi connectivity index (χ4v) is 3.77. The van der Waals surface area contributed by atoms with Gasteiger partial charge < -0.3 is 10.6 Å². The lowest BCUT2D eigenvalue weighted by atomic mass is 9.79. The second kappa shape index (κ2) is 8.29. The van der Waals surface area contributed by atoms with Gasteiger partial charge in [0, 0.05) is 32.1 Å². The van der Waals surface area contributed by atoms with Gasteiger partial charge in [-0.1, -0.05) is 32.0 Å². The third kappa shape index (κ3) is 5.17. The Morgan fingerprint density at radius 2 is 1.96 bits per heavy atom. The number of piperidine rings is 1. The molecule has 1 aromatic rings. The summed E-state index contributed by atoms with van der Waals surface area (Å²) in [7, 11) is -3.56. The Kier molecular flexibility index (Phi) is 7.22. The van der Waals surface area contributed by atoms with Gasteiger partial charge in [0.1, 0.15) is 0 Å². The van der Waals surface area contributed by atoms with E-state index in [0.717, 1.165) is 6.42 Å². The third-order valence-electron chi connectivity index (χ3n) is 4.35. The summed E-state index contributed by atoms with van der Waals surface area (Å²) in [5.41, 5.74) is 5.95. The smallest absolute Gasteiger partial charge is 0.240 e. The number of amides is 1. The molecule has 0 bridgehead atoms. The predicted molar refractivity (Wildman–Crippen MR) is 96.4 cm³/mol. The maximum atomic E-state index is 12.3. The van der Waals surface area contributed by atoms with Gasteiger partial charge >= 0.3 is 0 Å². The number of sulfonamides is 1. The van der Waals surface area contributed by atoms with Gasteiger partial charge in [-0.15, -0.1) is 12.4 Å². The second-order valence-corrected chi connectivity index (χ2v) is 8.43. The van der Waals surface area contributed by atoms with Crippen LogP contribution in [0, 0.1) is 5.41 Å². The lowest BCUT2D eigenvalue weighted by Crippen LogP contribution is -2.54. The molecule has 1 amide bonds. The van der Waals surface area contributed by atoms with Crippen molar-refractivity contribution in [1.29, 1.82) is 0 Å². The maximum Gasteiger partial charge on any atom is 0.240 e. The van der Waals surface area contributed by atoms with E-state index in [4.69, 9.17) is 5.73 Å². The zero-order valence-electron chi connectivity index (χ0n) is 14.1. The number of hydrogen-bond donors (Lipinski definition) is 2. The van der Waals surface area contributed by atoms with E-state index in [1.165, 1.54) is 12.1 Å². The van der Waals surface area contributed by atoms with Gasteiger partial charge in [0.2, 0.25) is 15.9 Å². The number of rotatable bonds is 5. The molecule has 2 rings (SSSR count). The van der Waals surface area contributed by atoms with Crippen LogP contribution in [-0.2, 0) is 14.8 Å². The number of nitrogens with one attached hydrogen (secondary N) is 1. The van der Waals surface area contributed by atoms with Crippen LogP contribution < -0.4 is 10.5 Å². The molecular formula is C16H26ClN3O3S. The van der Waals surface area contributed by atoms with Crippen molar-refractivity contribution in [3.8, 4) is 0 Å². The number of hydrogen-bond acceptors (Lipinski definition) is 4. The Morgan fingerprint density at radius 1 is 1.33 bits per heavy atom.